The molecule has 1 aliphatic carbocycles. The number of aromatic nitrogens is 1. The molecule has 0 saturated heterocycles. The summed E-state index contributed by atoms with van der Waals surface area (Å²) in [4.78, 5) is 14.8. The quantitative estimate of drug-likeness (QED) is 0.711. The van der Waals surface area contributed by atoms with E-state index in [4.69, 9.17) is 0 Å². The Labute approximate surface area is 149 Å². The molecule has 0 radical (unpaired) electrons. The molecular weight excluding hydrogens is 315 g/mol. The summed E-state index contributed by atoms with van der Waals surface area (Å²) >= 11 is 0. The highest BCUT2D eigenvalue weighted by atomic mass is 19.1. The normalized spacial score (nSPS) is 13.9. The van der Waals surface area contributed by atoms with Crippen LogP contribution in [0.5, 0.6) is 0 Å². The van der Waals surface area contributed by atoms with Gasteiger partial charge in [0.1, 0.15) is 5.82 Å². The summed E-state index contributed by atoms with van der Waals surface area (Å²) in [7, 11) is 0. The van der Waals surface area contributed by atoms with Gasteiger partial charge in [0.2, 0.25) is 0 Å². The maximum Gasteiger partial charge on any atom is 0.251 e. The molecule has 0 amide bonds. The smallest absolute Gasteiger partial charge is 0.251 e. The van der Waals surface area contributed by atoms with Gasteiger partial charge >= 0.3 is 0 Å². The first-order valence-corrected chi connectivity index (χ1v) is 9.33. The molecule has 0 spiro atoms. The van der Waals surface area contributed by atoms with Crippen molar-refractivity contribution in [1.29, 1.82) is 0 Å². The molecule has 1 aromatic heterocycles. The minimum absolute atomic E-state index is 0.114. The first-order chi connectivity index (χ1) is 12.1. The fourth-order valence-corrected chi connectivity index (χ4v) is 3.29. The van der Waals surface area contributed by atoms with Crippen LogP contribution >= 0.6 is 0 Å². The Bertz CT molecular complexity index is 762. The molecule has 0 aliphatic heterocycles. The minimum atomic E-state index is -0.229. The van der Waals surface area contributed by atoms with E-state index < -0.39 is 0 Å². The fourth-order valence-electron chi connectivity index (χ4n) is 3.29. The Kier molecular flexibility index (Phi) is 5.57. The molecule has 3 rings (SSSR count). The lowest BCUT2D eigenvalue weighted by molar-refractivity contribution is 0.572. The molecule has 1 saturated carbocycles. The fraction of sp³-hybridized carbons (Fsp3) is 0.476. The molecule has 134 valence electrons. The van der Waals surface area contributed by atoms with Crippen molar-refractivity contribution < 1.29 is 4.39 Å². The second-order valence-electron chi connectivity index (χ2n) is 6.99. The molecule has 0 N–H and O–H groups in total. The zero-order chi connectivity index (χ0) is 17.8. The van der Waals surface area contributed by atoms with Gasteiger partial charge in [0, 0.05) is 37.1 Å². The predicted molar refractivity (Wildman–Crippen MR) is 101 cm³/mol. The van der Waals surface area contributed by atoms with Gasteiger partial charge in [-0.05, 0) is 68.0 Å². The number of pyridine rings is 1. The van der Waals surface area contributed by atoms with Crippen molar-refractivity contribution in [2.45, 2.75) is 52.6 Å². The molecule has 0 bridgehead atoms. The van der Waals surface area contributed by atoms with E-state index in [2.05, 4.69) is 24.8 Å². The van der Waals surface area contributed by atoms with E-state index in [0.717, 1.165) is 42.9 Å². The van der Waals surface area contributed by atoms with E-state index >= 15 is 0 Å². The maximum absolute atomic E-state index is 13.2. The van der Waals surface area contributed by atoms with Gasteiger partial charge in [-0.2, -0.15) is 0 Å². The Morgan fingerprint density at radius 2 is 1.88 bits per heavy atom. The van der Waals surface area contributed by atoms with Crippen LogP contribution in [0.4, 0.5) is 10.1 Å². The van der Waals surface area contributed by atoms with Crippen LogP contribution in [0.25, 0.3) is 0 Å². The molecule has 25 heavy (non-hydrogen) atoms. The minimum Gasteiger partial charge on any atom is -0.367 e. The third-order valence-electron chi connectivity index (χ3n) is 4.86. The molecule has 1 aromatic carbocycles. The third kappa shape index (κ3) is 4.50. The van der Waals surface area contributed by atoms with Crippen LogP contribution in [-0.2, 0) is 19.5 Å². The van der Waals surface area contributed by atoms with Crippen molar-refractivity contribution in [1.82, 2.24) is 4.57 Å². The Balaban J connectivity index is 1.85. The first-order valence-electron chi connectivity index (χ1n) is 9.33. The lowest BCUT2D eigenvalue weighted by atomic mass is 10.1. The number of halogens is 1. The topological polar surface area (TPSA) is 25.2 Å². The van der Waals surface area contributed by atoms with Gasteiger partial charge in [0.25, 0.3) is 5.56 Å². The zero-order valence-corrected chi connectivity index (χ0v) is 15.2. The van der Waals surface area contributed by atoms with E-state index in [1.165, 1.54) is 25.0 Å². The summed E-state index contributed by atoms with van der Waals surface area (Å²) in [6.45, 7) is 6.56. The van der Waals surface area contributed by atoms with Crippen LogP contribution in [0, 0.1) is 11.7 Å². The van der Waals surface area contributed by atoms with E-state index in [1.807, 2.05) is 4.57 Å². The van der Waals surface area contributed by atoms with Gasteiger partial charge in [-0.15, -0.1) is 0 Å². The maximum atomic E-state index is 13.2. The van der Waals surface area contributed by atoms with Crippen LogP contribution in [0.15, 0.2) is 41.2 Å². The first kappa shape index (κ1) is 17.7. The van der Waals surface area contributed by atoms with E-state index in [-0.39, 0.29) is 11.4 Å². The van der Waals surface area contributed by atoms with Crippen LogP contribution in [-0.4, -0.2) is 11.1 Å². The summed E-state index contributed by atoms with van der Waals surface area (Å²) < 4.78 is 15.1. The summed E-state index contributed by atoms with van der Waals surface area (Å²) in [6, 6.07) is 10.5. The largest absolute Gasteiger partial charge is 0.367 e. The molecule has 4 heteroatoms. The third-order valence-corrected chi connectivity index (χ3v) is 4.86. The lowest BCUT2D eigenvalue weighted by Crippen LogP contribution is -2.27. The van der Waals surface area contributed by atoms with E-state index in [1.54, 1.807) is 18.2 Å². The predicted octanol–water partition coefficient (Wildman–Crippen LogP) is 4.38. The average Bonchev–Trinajstić information content (AvgIpc) is 3.41. The lowest BCUT2D eigenvalue weighted by Gasteiger charge is -2.24. The van der Waals surface area contributed by atoms with Crippen molar-refractivity contribution in [2.75, 3.05) is 11.4 Å². The molecule has 3 nitrogen and oxygen atoms in total. The average molecular weight is 342 g/mol. The summed E-state index contributed by atoms with van der Waals surface area (Å²) in [5.41, 5.74) is 3.27. The van der Waals surface area contributed by atoms with Gasteiger partial charge < -0.3 is 9.47 Å². The number of nitrogens with zero attached hydrogens (tertiary/aromatic N) is 2. The monoisotopic (exact) mass is 342 g/mol. The summed E-state index contributed by atoms with van der Waals surface area (Å²) in [5.74, 6) is 0.457. The van der Waals surface area contributed by atoms with Gasteiger partial charge in [0.15, 0.2) is 0 Å². The van der Waals surface area contributed by atoms with Gasteiger partial charge in [-0.1, -0.05) is 13.3 Å². The van der Waals surface area contributed by atoms with Crippen LogP contribution in [0.3, 0.4) is 0 Å². The van der Waals surface area contributed by atoms with E-state index in [0.29, 0.717) is 12.5 Å². The SMILES string of the molecule is CCCc1cc(CN(CC)c2ccc(F)cc2)cc(=O)n1CC1CC1. The second-order valence-corrected chi connectivity index (χ2v) is 6.99. The number of anilines is 1. The molecular formula is C21H27FN2O. The molecule has 1 aliphatic rings. The zero-order valence-electron chi connectivity index (χ0n) is 15.2. The van der Waals surface area contributed by atoms with Crippen molar-refractivity contribution in [3.05, 3.63) is 63.8 Å². The standard InChI is InChI=1S/C21H27FN2O/c1-3-5-20-12-17(13-21(25)24(20)15-16-6-7-16)14-23(4-2)19-10-8-18(22)9-11-19/h8-13,16H,3-7,14-15H2,1-2H3. The van der Waals surface area contributed by atoms with Crippen molar-refractivity contribution in [3.8, 4) is 0 Å². The highest BCUT2D eigenvalue weighted by Crippen LogP contribution is 2.30. The summed E-state index contributed by atoms with van der Waals surface area (Å²) in [5, 5.41) is 0. The van der Waals surface area contributed by atoms with Crippen molar-refractivity contribution in [3.63, 3.8) is 0 Å². The van der Waals surface area contributed by atoms with E-state index in [9.17, 15) is 9.18 Å². The Morgan fingerprint density at radius 1 is 1.16 bits per heavy atom. The van der Waals surface area contributed by atoms with Gasteiger partial charge in [-0.3, -0.25) is 4.79 Å². The van der Waals surface area contributed by atoms with Crippen LogP contribution < -0.4 is 10.5 Å². The number of hydrogen-bond acceptors (Lipinski definition) is 2. The molecule has 0 atom stereocenters. The highest BCUT2D eigenvalue weighted by molar-refractivity contribution is 5.46. The van der Waals surface area contributed by atoms with Crippen molar-refractivity contribution in [2.24, 2.45) is 5.92 Å². The molecule has 2 aromatic rings. The van der Waals surface area contributed by atoms with Crippen molar-refractivity contribution >= 4 is 5.69 Å². The number of hydrogen-bond donors (Lipinski definition) is 0. The van der Waals surface area contributed by atoms with Crippen LogP contribution in [0.2, 0.25) is 0 Å². The molecule has 0 unspecified atom stereocenters. The Morgan fingerprint density at radius 3 is 2.48 bits per heavy atom. The number of rotatable bonds is 8. The number of aryl methyl sites for hydroxylation is 1. The molecule has 1 fully saturated rings. The Hall–Kier alpha value is -2.10. The number of benzene rings is 1. The summed E-state index contributed by atoms with van der Waals surface area (Å²) in [6.07, 6.45) is 4.45. The van der Waals surface area contributed by atoms with Gasteiger partial charge in [-0.25, -0.2) is 4.39 Å². The highest BCUT2D eigenvalue weighted by Gasteiger charge is 2.23. The van der Waals surface area contributed by atoms with Crippen LogP contribution in [0.1, 0.15) is 44.4 Å². The second kappa shape index (κ2) is 7.85. The van der Waals surface area contributed by atoms with Gasteiger partial charge in [0.05, 0.1) is 0 Å². The molecule has 1 heterocycles.